The van der Waals surface area contributed by atoms with Crippen LogP contribution in [0.15, 0.2) is 23.8 Å². The molecule has 0 aliphatic heterocycles. The Balaban J connectivity index is 2.58. The summed E-state index contributed by atoms with van der Waals surface area (Å²) in [6.07, 6.45) is 1.58. The molecule has 0 bridgehead atoms. The number of hydrogen-bond donors (Lipinski definition) is 1. The summed E-state index contributed by atoms with van der Waals surface area (Å²) in [6.45, 7) is 3.03. The average Bonchev–Trinajstić information content (AvgIpc) is 2.58. The molecule has 0 heterocycles. The van der Waals surface area contributed by atoms with Gasteiger partial charge in [0, 0.05) is 21.7 Å². The zero-order chi connectivity index (χ0) is 12.8. The molecule has 0 saturated carbocycles. The lowest BCUT2D eigenvalue weighted by Gasteiger charge is -2.19. The van der Waals surface area contributed by atoms with Gasteiger partial charge in [0.05, 0.1) is 5.41 Å². The number of fused-ring (bicyclic) bond motifs is 1. The van der Waals surface area contributed by atoms with E-state index in [9.17, 15) is 9.59 Å². The number of rotatable bonds is 2. The molecule has 1 aromatic rings. The van der Waals surface area contributed by atoms with E-state index in [4.69, 9.17) is 16.7 Å². The number of carbonyl (C=O) groups is 2. The molecule has 1 aliphatic rings. The molecule has 1 N–H and O–H groups in total. The number of aliphatic carboxylic acids is 1. The van der Waals surface area contributed by atoms with Crippen LogP contribution in [-0.4, -0.2) is 16.9 Å². The van der Waals surface area contributed by atoms with Crippen molar-refractivity contribution >= 4 is 29.4 Å². The maximum Gasteiger partial charge on any atom is 0.313 e. The van der Waals surface area contributed by atoms with Crippen LogP contribution in [0, 0.1) is 5.41 Å². The van der Waals surface area contributed by atoms with Gasteiger partial charge in [-0.1, -0.05) is 23.7 Å². The van der Waals surface area contributed by atoms with Crippen molar-refractivity contribution in [1.82, 2.24) is 0 Å². The maximum absolute atomic E-state index is 12.1. The molecular weight excluding hydrogens is 240 g/mol. The molecule has 17 heavy (non-hydrogen) atoms. The van der Waals surface area contributed by atoms with Crippen LogP contribution in [0.4, 0.5) is 0 Å². The summed E-state index contributed by atoms with van der Waals surface area (Å²) in [4.78, 5) is 23.3. The predicted molar refractivity (Wildman–Crippen MR) is 65.2 cm³/mol. The van der Waals surface area contributed by atoms with Crippen LogP contribution in [0.3, 0.4) is 0 Å². The average molecular weight is 251 g/mol. The van der Waals surface area contributed by atoms with Gasteiger partial charge in [-0.05, 0) is 26.0 Å². The van der Waals surface area contributed by atoms with Crippen LogP contribution in [0.1, 0.15) is 29.8 Å². The lowest BCUT2D eigenvalue weighted by Crippen LogP contribution is -2.28. The van der Waals surface area contributed by atoms with Gasteiger partial charge in [0.2, 0.25) is 0 Å². The Morgan fingerprint density at radius 1 is 1.35 bits per heavy atom. The summed E-state index contributed by atoms with van der Waals surface area (Å²) in [5.74, 6) is -1.28. The molecule has 4 heteroatoms. The molecule has 0 amide bonds. The van der Waals surface area contributed by atoms with Crippen molar-refractivity contribution in [3.63, 3.8) is 0 Å². The van der Waals surface area contributed by atoms with Crippen LogP contribution in [0.2, 0.25) is 5.02 Å². The largest absolute Gasteiger partial charge is 0.481 e. The zero-order valence-electron chi connectivity index (χ0n) is 9.45. The molecular formula is C13H11ClO3. The quantitative estimate of drug-likeness (QED) is 0.878. The Morgan fingerprint density at radius 3 is 2.53 bits per heavy atom. The van der Waals surface area contributed by atoms with Crippen molar-refractivity contribution in [2.24, 2.45) is 5.41 Å². The summed E-state index contributed by atoms with van der Waals surface area (Å²) in [5.41, 5.74) is 0.151. The molecule has 0 saturated heterocycles. The van der Waals surface area contributed by atoms with E-state index < -0.39 is 11.4 Å². The molecule has 0 atom stereocenters. The smallest absolute Gasteiger partial charge is 0.313 e. The first-order valence-corrected chi connectivity index (χ1v) is 5.52. The second kappa shape index (κ2) is 3.70. The molecule has 0 spiro atoms. The van der Waals surface area contributed by atoms with Gasteiger partial charge in [0.15, 0.2) is 5.78 Å². The highest BCUT2D eigenvalue weighted by Gasteiger charge is 2.39. The van der Waals surface area contributed by atoms with Crippen molar-refractivity contribution in [2.75, 3.05) is 0 Å². The van der Waals surface area contributed by atoms with Gasteiger partial charge in [0.25, 0.3) is 0 Å². The van der Waals surface area contributed by atoms with Gasteiger partial charge in [-0.2, -0.15) is 0 Å². The first-order chi connectivity index (χ1) is 7.85. The number of halogens is 1. The molecule has 1 aromatic carbocycles. The van der Waals surface area contributed by atoms with Crippen molar-refractivity contribution < 1.29 is 14.7 Å². The minimum absolute atomic E-state index is 0.255. The number of Topliss-reactive ketones (excluding diaryl/α,β-unsaturated/α-hetero) is 1. The molecule has 0 aromatic heterocycles. The van der Waals surface area contributed by atoms with Crippen LogP contribution < -0.4 is 0 Å². The number of carboxylic acids is 1. The van der Waals surface area contributed by atoms with E-state index in [-0.39, 0.29) is 11.4 Å². The van der Waals surface area contributed by atoms with E-state index in [1.807, 2.05) is 0 Å². The zero-order valence-corrected chi connectivity index (χ0v) is 10.2. The number of ketones is 1. The van der Waals surface area contributed by atoms with E-state index in [2.05, 4.69) is 0 Å². The first kappa shape index (κ1) is 11.9. The fraction of sp³-hybridized carbons (Fsp3) is 0.231. The van der Waals surface area contributed by atoms with Gasteiger partial charge in [0.1, 0.15) is 0 Å². The molecule has 3 nitrogen and oxygen atoms in total. The third-order valence-corrected chi connectivity index (χ3v) is 3.37. The van der Waals surface area contributed by atoms with Gasteiger partial charge < -0.3 is 5.11 Å². The molecule has 88 valence electrons. The third-order valence-electron chi connectivity index (χ3n) is 3.04. The summed E-state index contributed by atoms with van der Waals surface area (Å²) in [7, 11) is 0. The lowest BCUT2D eigenvalue weighted by atomic mass is 9.82. The number of hydrogen-bond acceptors (Lipinski definition) is 2. The first-order valence-electron chi connectivity index (χ1n) is 5.14. The van der Waals surface area contributed by atoms with Crippen molar-refractivity contribution in [1.29, 1.82) is 0 Å². The molecule has 0 radical (unpaired) electrons. The van der Waals surface area contributed by atoms with E-state index in [0.29, 0.717) is 16.1 Å². The van der Waals surface area contributed by atoms with Crippen LogP contribution in [0.25, 0.3) is 6.08 Å². The lowest BCUT2D eigenvalue weighted by molar-refractivity contribution is -0.144. The van der Waals surface area contributed by atoms with Crippen LogP contribution >= 0.6 is 11.6 Å². The normalized spacial score (nSPS) is 14.5. The van der Waals surface area contributed by atoms with Crippen molar-refractivity contribution in [3.05, 3.63) is 39.9 Å². The minimum atomic E-state index is -1.21. The van der Waals surface area contributed by atoms with Crippen molar-refractivity contribution in [3.8, 4) is 0 Å². The second-order valence-corrected chi connectivity index (χ2v) is 4.93. The van der Waals surface area contributed by atoms with Crippen LogP contribution in [-0.2, 0) is 4.79 Å². The molecule has 2 rings (SSSR count). The van der Waals surface area contributed by atoms with Gasteiger partial charge >= 0.3 is 5.97 Å². The van der Waals surface area contributed by atoms with Gasteiger partial charge in [-0.15, -0.1) is 0 Å². The maximum atomic E-state index is 12.1. The standard InChI is InChI=1S/C13H11ClO3/c1-13(2,12(16)17)9-6-8-7(11(9)15)4-3-5-10(8)14/h3-6H,1-2H3,(H,16,17). The summed E-state index contributed by atoms with van der Waals surface area (Å²) >= 11 is 5.99. The Kier molecular flexibility index (Phi) is 2.59. The topological polar surface area (TPSA) is 54.4 Å². The number of carbonyl (C=O) groups excluding carboxylic acids is 1. The Bertz CT molecular complexity index is 556. The monoisotopic (exact) mass is 250 g/mol. The third kappa shape index (κ3) is 1.67. The predicted octanol–water partition coefficient (Wildman–Crippen LogP) is 3.03. The molecule has 1 aliphatic carbocycles. The number of benzene rings is 1. The van der Waals surface area contributed by atoms with Crippen molar-refractivity contribution in [2.45, 2.75) is 13.8 Å². The minimum Gasteiger partial charge on any atom is -0.481 e. The Morgan fingerprint density at radius 2 is 2.00 bits per heavy atom. The Hall–Kier alpha value is -1.61. The van der Waals surface area contributed by atoms with E-state index in [1.165, 1.54) is 13.8 Å². The fourth-order valence-corrected chi connectivity index (χ4v) is 2.05. The fourth-order valence-electron chi connectivity index (χ4n) is 1.82. The van der Waals surface area contributed by atoms with Gasteiger partial charge in [-0.3, -0.25) is 9.59 Å². The van der Waals surface area contributed by atoms with Gasteiger partial charge in [-0.25, -0.2) is 0 Å². The highest BCUT2D eigenvalue weighted by molar-refractivity contribution is 6.34. The van der Waals surface area contributed by atoms with E-state index in [1.54, 1.807) is 24.3 Å². The highest BCUT2D eigenvalue weighted by atomic mass is 35.5. The molecule has 0 fully saturated rings. The highest BCUT2D eigenvalue weighted by Crippen LogP contribution is 2.39. The van der Waals surface area contributed by atoms with E-state index in [0.717, 1.165) is 0 Å². The summed E-state index contributed by atoms with van der Waals surface area (Å²) in [6, 6.07) is 5.02. The number of carboxylic acid groups (broad SMARTS) is 1. The van der Waals surface area contributed by atoms with Crippen LogP contribution in [0.5, 0.6) is 0 Å². The summed E-state index contributed by atoms with van der Waals surface area (Å²) < 4.78 is 0. The second-order valence-electron chi connectivity index (χ2n) is 4.52. The molecule has 0 unspecified atom stereocenters. The van der Waals surface area contributed by atoms with E-state index >= 15 is 0 Å². The Labute approximate surface area is 104 Å². The SMILES string of the molecule is CC(C)(C(=O)O)C1=Cc2c(Cl)cccc2C1=O. The summed E-state index contributed by atoms with van der Waals surface area (Å²) in [5, 5.41) is 9.61.